The van der Waals surface area contributed by atoms with E-state index >= 15 is 0 Å². The molecule has 0 spiro atoms. The van der Waals surface area contributed by atoms with E-state index in [2.05, 4.69) is 19.7 Å². The highest BCUT2D eigenvalue weighted by atomic mass is 32.2. The normalized spacial score (nSPS) is 18.0. The Morgan fingerprint density at radius 2 is 1.94 bits per heavy atom. The largest absolute Gasteiger partial charge is 0.344 e. The lowest BCUT2D eigenvalue weighted by Gasteiger charge is -2.25. The predicted octanol–water partition coefficient (Wildman–Crippen LogP) is 0.511. The number of halogens is 1. The van der Waals surface area contributed by atoms with Crippen molar-refractivity contribution in [1.29, 1.82) is 0 Å². The fraction of sp³-hybridized carbons (Fsp3) is 0.368. The molecule has 12 heteroatoms. The first-order chi connectivity index (χ1) is 14.6. The summed E-state index contributed by atoms with van der Waals surface area (Å²) < 4.78 is 44.8. The maximum atomic E-state index is 13.1. The zero-order valence-corrected chi connectivity index (χ0v) is 18.3. The highest BCUT2D eigenvalue weighted by molar-refractivity contribution is 7.89. The van der Waals surface area contributed by atoms with Crippen molar-refractivity contribution in [3.63, 3.8) is 0 Å². The minimum Gasteiger partial charge on any atom is -0.344 e. The van der Waals surface area contributed by atoms with Gasteiger partial charge in [0.05, 0.1) is 11.4 Å². The molecule has 166 valence electrons. The van der Waals surface area contributed by atoms with Crippen molar-refractivity contribution in [2.75, 3.05) is 0 Å². The van der Waals surface area contributed by atoms with Crippen LogP contribution in [0.15, 0.2) is 35.4 Å². The smallest absolute Gasteiger partial charge is 0.289 e. The lowest BCUT2D eigenvalue weighted by Crippen LogP contribution is -2.56. The van der Waals surface area contributed by atoms with Gasteiger partial charge in [-0.1, -0.05) is 13.8 Å². The second kappa shape index (κ2) is 9.20. The minimum absolute atomic E-state index is 0.0688. The van der Waals surface area contributed by atoms with E-state index in [4.69, 9.17) is 0 Å². The summed E-state index contributed by atoms with van der Waals surface area (Å²) in [6.45, 7) is 3.44. The van der Waals surface area contributed by atoms with Crippen LogP contribution in [-0.2, 0) is 37.4 Å². The number of Topliss-reactive ketones (excluding diaryl/α,β-unsaturated/α-hetero) is 1. The average Bonchev–Trinajstić information content (AvgIpc) is 3.15. The Labute approximate surface area is 182 Å². The fourth-order valence-corrected chi connectivity index (χ4v) is 5.08. The third-order valence-corrected chi connectivity index (χ3v) is 7.07. The Morgan fingerprint density at radius 3 is 2.58 bits per heavy atom. The van der Waals surface area contributed by atoms with Crippen LogP contribution in [0, 0.1) is 11.7 Å². The van der Waals surface area contributed by atoms with Gasteiger partial charge in [0, 0.05) is 17.5 Å². The summed E-state index contributed by atoms with van der Waals surface area (Å²) in [5.41, 5.74) is 0.719. The van der Waals surface area contributed by atoms with Crippen molar-refractivity contribution >= 4 is 39.2 Å². The molecule has 0 aliphatic carbocycles. The number of ketones is 1. The van der Waals surface area contributed by atoms with Crippen molar-refractivity contribution in [2.24, 2.45) is 5.92 Å². The number of fused-ring (bicyclic) bond motifs is 1. The van der Waals surface area contributed by atoms with Gasteiger partial charge in [0.15, 0.2) is 0 Å². The van der Waals surface area contributed by atoms with Gasteiger partial charge in [-0.05, 0) is 47.3 Å². The van der Waals surface area contributed by atoms with E-state index in [1.165, 1.54) is 11.5 Å². The van der Waals surface area contributed by atoms with Gasteiger partial charge < -0.3 is 10.6 Å². The topological polar surface area (TPSA) is 134 Å². The van der Waals surface area contributed by atoms with E-state index in [9.17, 15) is 27.2 Å². The molecule has 3 N–H and O–H groups in total. The molecule has 1 aliphatic heterocycles. The molecule has 1 aromatic carbocycles. The molecule has 0 bridgehead atoms. The summed E-state index contributed by atoms with van der Waals surface area (Å²) in [7, 11) is -4.13. The van der Waals surface area contributed by atoms with Crippen molar-refractivity contribution in [2.45, 2.75) is 43.8 Å². The number of carbonyl (C=O) groups is 3. The molecule has 2 atom stereocenters. The number of hydrogen-bond donors (Lipinski definition) is 3. The Kier molecular flexibility index (Phi) is 6.82. The fourth-order valence-electron chi connectivity index (χ4n) is 3.03. The summed E-state index contributed by atoms with van der Waals surface area (Å²) >= 11 is 1.18. The molecule has 0 saturated heterocycles. The molecule has 2 aromatic rings. The Balaban J connectivity index is 1.80. The van der Waals surface area contributed by atoms with Crippen molar-refractivity contribution < 1.29 is 27.2 Å². The number of carbonyl (C=O) groups excluding carboxylic acids is 3. The maximum absolute atomic E-state index is 13.1. The van der Waals surface area contributed by atoms with Gasteiger partial charge in [0.2, 0.25) is 21.7 Å². The second-order valence-corrected chi connectivity index (χ2v) is 9.98. The van der Waals surface area contributed by atoms with Crippen molar-refractivity contribution in [1.82, 2.24) is 19.7 Å². The van der Waals surface area contributed by atoms with E-state index in [-0.39, 0.29) is 17.9 Å². The van der Waals surface area contributed by atoms with Crippen molar-refractivity contribution in [3.05, 3.63) is 46.7 Å². The third kappa shape index (κ3) is 5.32. The van der Waals surface area contributed by atoms with E-state index < -0.39 is 51.4 Å². The van der Waals surface area contributed by atoms with Crippen LogP contribution in [0.25, 0.3) is 0 Å². The zero-order valence-electron chi connectivity index (χ0n) is 16.7. The SMILES string of the molecule is CC(C)C(NS(=O)(=O)c1ccc(F)cc1)C(=O)NC1Cc2cnsc2CNC(=O)C1=O. The van der Waals surface area contributed by atoms with Gasteiger partial charge in [-0.2, -0.15) is 4.72 Å². The highest BCUT2D eigenvalue weighted by Crippen LogP contribution is 2.18. The van der Waals surface area contributed by atoms with Crippen LogP contribution in [-0.4, -0.2) is 42.5 Å². The number of amides is 2. The molecule has 1 aromatic heterocycles. The van der Waals surface area contributed by atoms with E-state index in [0.29, 0.717) is 0 Å². The zero-order chi connectivity index (χ0) is 22.8. The van der Waals surface area contributed by atoms with Crippen LogP contribution in [0.5, 0.6) is 0 Å². The summed E-state index contributed by atoms with van der Waals surface area (Å²) in [5, 5.41) is 4.99. The first-order valence-electron chi connectivity index (χ1n) is 9.41. The third-order valence-electron chi connectivity index (χ3n) is 4.78. The number of benzene rings is 1. The molecule has 3 rings (SSSR count). The van der Waals surface area contributed by atoms with Crippen LogP contribution < -0.4 is 15.4 Å². The molecule has 1 aliphatic rings. The first-order valence-corrected chi connectivity index (χ1v) is 11.7. The lowest BCUT2D eigenvalue weighted by atomic mass is 9.99. The van der Waals surface area contributed by atoms with Crippen LogP contribution in [0.4, 0.5) is 4.39 Å². The van der Waals surface area contributed by atoms with Gasteiger partial charge in [-0.25, -0.2) is 17.2 Å². The van der Waals surface area contributed by atoms with E-state index in [1.54, 1.807) is 20.0 Å². The first kappa shape index (κ1) is 23.0. The molecule has 9 nitrogen and oxygen atoms in total. The highest BCUT2D eigenvalue weighted by Gasteiger charge is 2.34. The van der Waals surface area contributed by atoms with Crippen LogP contribution >= 0.6 is 11.5 Å². The Morgan fingerprint density at radius 1 is 1.26 bits per heavy atom. The van der Waals surface area contributed by atoms with Crippen molar-refractivity contribution in [3.8, 4) is 0 Å². The summed E-state index contributed by atoms with van der Waals surface area (Å²) in [6.07, 6.45) is 1.64. The van der Waals surface area contributed by atoms with Crippen LogP contribution in [0.2, 0.25) is 0 Å². The summed E-state index contributed by atoms with van der Waals surface area (Å²) in [4.78, 5) is 38.0. The molecular weight excluding hydrogens is 447 g/mol. The van der Waals surface area contributed by atoms with E-state index in [0.717, 1.165) is 34.7 Å². The number of nitrogens with zero attached hydrogens (tertiary/aromatic N) is 1. The molecule has 2 heterocycles. The number of sulfonamides is 1. The molecule has 31 heavy (non-hydrogen) atoms. The predicted molar refractivity (Wildman–Crippen MR) is 110 cm³/mol. The quantitative estimate of drug-likeness (QED) is 0.529. The molecule has 0 fully saturated rings. The Bertz CT molecular complexity index is 1100. The Hall–Kier alpha value is -2.70. The maximum Gasteiger partial charge on any atom is 0.289 e. The van der Waals surface area contributed by atoms with E-state index in [1.807, 2.05) is 0 Å². The number of hydrogen-bond acceptors (Lipinski definition) is 7. The van der Waals surface area contributed by atoms with Gasteiger partial charge in [-0.3, -0.25) is 14.4 Å². The summed E-state index contributed by atoms with van der Waals surface area (Å²) in [5.74, 6) is -3.49. The van der Waals surface area contributed by atoms with Gasteiger partial charge in [0.25, 0.3) is 5.91 Å². The lowest BCUT2D eigenvalue weighted by molar-refractivity contribution is -0.140. The average molecular weight is 469 g/mol. The molecule has 2 amide bonds. The molecular formula is C19H21FN4O5S2. The van der Waals surface area contributed by atoms with Crippen LogP contribution in [0.3, 0.4) is 0 Å². The molecule has 0 radical (unpaired) electrons. The number of aromatic nitrogens is 1. The second-order valence-electron chi connectivity index (χ2n) is 7.38. The minimum atomic E-state index is -4.13. The van der Waals surface area contributed by atoms with Gasteiger partial charge in [0.1, 0.15) is 17.9 Å². The molecule has 2 unspecified atom stereocenters. The van der Waals surface area contributed by atoms with Gasteiger partial charge >= 0.3 is 0 Å². The van der Waals surface area contributed by atoms with Gasteiger partial charge in [-0.15, -0.1) is 0 Å². The number of rotatable bonds is 6. The number of nitrogens with one attached hydrogen (secondary N) is 3. The standard InChI is InChI=1S/C19H21FN4O5S2/c1-10(2)16(24-31(28,29)13-5-3-12(20)4-6-13)18(26)23-14-7-11-8-22-30-15(11)9-21-19(27)17(14)25/h3-6,8,10,14,16,24H,7,9H2,1-2H3,(H,21,27)(H,23,26). The van der Waals surface area contributed by atoms with Crippen LogP contribution in [0.1, 0.15) is 24.3 Å². The monoisotopic (exact) mass is 468 g/mol. The summed E-state index contributed by atoms with van der Waals surface area (Å²) in [6, 6.07) is 1.77. The molecule has 0 saturated carbocycles.